The number of carbonyl (C=O) groups is 1. The van der Waals surface area contributed by atoms with E-state index in [1.165, 1.54) is 0 Å². The highest BCUT2D eigenvalue weighted by Crippen LogP contribution is 2.41. The molecule has 0 bridgehead atoms. The fourth-order valence-electron chi connectivity index (χ4n) is 4.70. The Bertz CT molecular complexity index is 1530. The molecule has 3 aromatic carbocycles. The zero-order chi connectivity index (χ0) is 26.8. The van der Waals surface area contributed by atoms with E-state index in [-0.39, 0.29) is 17.1 Å². The van der Waals surface area contributed by atoms with Gasteiger partial charge in [-0.05, 0) is 62.5 Å². The lowest BCUT2D eigenvalue weighted by atomic mass is 9.98. The van der Waals surface area contributed by atoms with Gasteiger partial charge in [0, 0.05) is 18.1 Å². The minimum absolute atomic E-state index is 0.0657. The number of hydrogen-bond donors (Lipinski definition) is 0. The van der Waals surface area contributed by atoms with Crippen LogP contribution in [-0.2, 0) is 6.61 Å². The van der Waals surface area contributed by atoms with Gasteiger partial charge in [0.15, 0.2) is 16.9 Å². The van der Waals surface area contributed by atoms with Gasteiger partial charge < -0.3 is 23.7 Å². The van der Waals surface area contributed by atoms with Gasteiger partial charge in [0.05, 0.1) is 23.6 Å². The second-order valence-corrected chi connectivity index (χ2v) is 9.87. The van der Waals surface area contributed by atoms with Crippen molar-refractivity contribution in [3.8, 4) is 11.5 Å². The highest BCUT2D eigenvalue weighted by Gasteiger charge is 2.42. The summed E-state index contributed by atoms with van der Waals surface area (Å²) in [4.78, 5) is 31.0. The number of rotatable bonds is 9. The number of ether oxygens (including phenoxy) is 2. The normalized spacial score (nSPS) is 14.8. The molecule has 1 aliphatic heterocycles. The van der Waals surface area contributed by atoms with Gasteiger partial charge >= 0.3 is 0 Å². The summed E-state index contributed by atoms with van der Waals surface area (Å²) in [5.41, 5.74) is 2.15. The summed E-state index contributed by atoms with van der Waals surface area (Å²) < 4.78 is 18.0. The molecule has 0 radical (unpaired) electrons. The lowest BCUT2D eigenvalue weighted by Crippen LogP contribution is -2.35. The number of amides is 1. The standard InChI is InChI=1S/C30H29ClN2O5/c1-4-36-25-16-20(10-12-24(25)37-18-19-8-6-5-7-9-19)27-26-28(34)22-17-21(31)11-13-23(22)38-29(26)30(35)33(27)15-14-32(2)3/h5-13,16-17,27H,4,14-15,18H2,1-3H3. The van der Waals surface area contributed by atoms with E-state index in [0.717, 1.165) is 11.1 Å². The molecule has 1 amide bonds. The van der Waals surface area contributed by atoms with E-state index >= 15 is 0 Å². The lowest BCUT2D eigenvalue weighted by molar-refractivity contribution is 0.0716. The van der Waals surface area contributed by atoms with Gasteiger partial charge in [-0.3, -0.25) is 9.59 Å². The first kappa shape index (κ1) is 25.8. The van der Waals surface area contributed by atoms with Crippen molar-refractivity contribution in [1.82, 2.24) is 9.80 Å². The maximum absolute atomic E-state index is 13.8. The van der Waals surface area contributed by atoms with Gasteiger partial charge in [-0.1, -0.05) is 48.0 Å². The molecule has 2 heterocycles. The topological polar surface area (TPSA) is 72.2 Å². The Labute approximate surface area is 226 Å². The van der Waals surface area contributed by atoms with Crippen LogP contribution in [-0.4, -0.2) is 49.5 Å². The van der Waals surface area contributed by atoms with Gasteiger partial charge in [0.2, 0.25) is 5.76 Å². The maximum Gasteiger partial charge on any atom is 0.290 e. The van der Waals surface area contributed by atoms with Crippen LogP contribution >= 0.6 is 11.6 Å². The number of halogens is 1. The summed E-state index contributed by atoms with van der Waals surface area (Å²) in [6, 6.07) is 19.6. The first-order valence-electron chi connectivity index (χ1n) is 12.5. The summed E-state index contributed by atoms with van der Waals surface area (Å²) in [7, 11) is 3.88. The Balaban J connectivity index is 1.60. The lowest BCUT2D eigenvalue weighted by Gasteiger charge is -2.27. The van der Waals surface area contributed by atoms with Gasteiger partial charge in [-0.2, -0.15) is 0 Å². The molecule has 1 atom stereocenters. The predicted molar refractivity (Wildman–Crippen MR) is 147 cm³/mol. The van der Waals surface area contributed by atoms with Crippen molar-refractivity contribution in [2.24, 2.45) is 0 Å². The fourth-order valence-corrected chi connectivity index (χ4v) is 4.87. The van der Waals surface area contributed by atoms with Crippen LogP contribution in [0.3, 0.4) is 0 Å². The van der Waals surface area contributed by atoms with Crippen molar-refractivity contribution in [2.45, 2.75) is 19.6 Å². The number of hydrogen-bond acceptors (Lipinski definition) is 6. The SMILES string of the molecule is CCOc1cc(C2c3c(oc4ccc(Cl)cc4c3=O)C(=O)N2CCN(C)C)ccc1OCc1ccccc1. The van der Waals surface area contributed by atoms with E-state index in [1.807, 2.05) is 74.4 Å². The van der Waals surface area contributed by atoms with Crippen molar-refractivity contribution in [3.05, 3.63) is 104 Å². The minimum atomic E-state index is -0.639. The Morgan fingerprint density at radius 2 is 1.76 bits per heavy atom. The molecule has 0 N–H and O–H groups in total. The first-order chi connectivity index (χ1) is 18.4. The first-order valence-corrected chi connectivity index (χ1v) is 12.9. The zero-order valence-corrected chi connectivity index (χ0v) is 22.3. The van der Waals surface area contributed by atoms with Crippen LogP contribution in [0, 0.1) is 0 Å². The molecule has 1 unspecified atom stereocenters. The molecule has 0 spiro atoms. The maximum atomic E-state index is 13.8. The molecule has 5 rings (SSSR count). The van der Waals surface area contributed by atoms with Crippen molar-refractivity contribution in [3.63, 3.8) is 0 Å². The Morgan fingerprint density at radius 1 is 0.974 bits per heavy atom. The van der Waals surface area contributed by atoms with Crippen LogP contribution in [0.25, 0.3) is 11.0 Å². The average Bonchev–Trinajstić information content (AvgIpc) is 3.19. The molecule has 0 aliphatic carbocycles. The Hall–Kier alpha value is -3.81. The van der Waals surface area contributed by atoms with Crippen LogP contribution in [0.5, 0.6) is 11.5 Å². The van der Waals surface area contributed by atoms with E-state index in [9.17, 15) is 9.59 Å². The largest absolute Gasteiger partial charge is 0.490 e. The van der Waals surface area contributed by atoms with Crippen molar-refractivity contribution in [2.75, 3.05) is 33.8 Å². The quantitative estimate of drug-likeness (QED) is 0.282. The second-order valence-electron chi connectivity index (χ2n) is 9.43. The summed E-state index contributed by atoms with van der Waals surface area (Å²) in [5, 5.41) is 0.769. The van der Waals surface area contributed by atoms with Crippen molar-refractivity contribution in [1.29, 1.82) is 0 Å². The molecule has 7 nitrogen and oxygen atoms in total. The summed E-state index contributed by atoms with van der Waals surface area (Å²) in [6.07, 6.45) is 0. The van der Waals surface area contributed by atoms with Gasteiger partial charge in [0.1, 0.15) is 12.2 Å². The molecule has 4 aromatic rings. The summed E-state index contributed by atoms with van der Waals surface area (Å²) >= 11 is 6.19. The molecule has 38 heavy (non-hydrogen) atoms. The second kappa shape index (κ2) is 10.9. The number of likely N-dealkylation sites (N-methyl/N-ethyl adjacent to an activating group) is 1. The van der Waals surface area contributed by atoms with Crippen LogP contribution in [0.4, 0.5) is 0 Å². The van der Waals surface area contributed by atoms with Crippen LogP contribution in [0.1, 0.15) is 40.2 Å². The highest BCUT2D eigenvalue weighted by atomic mass is 35.5. The minimum Gasteiger partial charge on any atom is -0.490 e. The summed E-state index contributed by atoms with van der Waals surface area (Å²) in [6.45, 7) is 3.74. The molecule has 0 saturated carbocycles. The molecule has 0 saturated heterocycles. The third kappa shape index (κ3) is 4.99. The molecular formula is C30H29ClN2O5. The van der Waals surface area contributed by atoms with E-state index in [1.54, 1.807) is 23.1 Å². The summed E-state index contributed by atoms with van der Waals surface area (Å²) in [5.74, 6) is 0.878. The van der Waals surface area contributed by atoms with Crippen molar-refractivity contribution >= 4 is 28.5 Å². The predicted octanol–water partition coefficient (Wildman–Crippen LogP) is 5.53. The van der Waals surface area contributed by atoms with E-state index in [0.29, 0.717) is 59.4 Å². The number of nitrogens with zero attached hydrogens (tertiary/aromatic N) is 2. The van der Waals surface area contributed by atoms with Crippen LogP contribution in [0.15, 0.2) is 75.9 Å². The van der Waals surface area contributed by atoms with E-state index in [2.05, 4.69) is 0 Å². The molecular weight excluding hydrogens is 504 g/mol. The molecule has 1 aliphatic rings. The highest BCUT2D eigenvalue weighted by molar-refractivity contribution is 6.31. The molecule has 8 heteroatoms. The van der Waals surface area contributed by atoms with Gasteiger partial charge in [-0.15, -0.1) is 0 Å². The van der Waals surface area contributed by atoms with E-state index < -0.39 is 6.04 Å². The van der Waals surface area contributed by atoms with Gasteiger partial charge in [0.25, 0.3) is 5.91 Å². The number of fused-ring (bicyclic) bond motifs is 2. The Kier molecular flexibility index (Phi) is 7.40. The average molecular weight is 533 g/mol. The van der Waals surface area contributed by atoms with Crippen LogP contribution < -0.4 is 14.9 Å². The van der Waals surface area contributed by atoms with Crippen LogP contribution in [0.2, 0.25) is 5.02 Å². The molecule has 1 aromatic heterocycles. The number of benzene rings is 3. The fraction of sp³-hybridized carbons (Fsp3) is 0.267. The molecule has 196 valence electrons. The van der Waals surface area contributed by atoms with E-state index in [4.69, 9.17) is 25.5 Å². The Morgan fingerprint density at radius 3 is 2.50 bits per heavy atom. The molecule has 0 fully saturated rings. The third-order valence-electron chi connectivity index (χ3n) is 6.54. The van der Waals surface area contributed by atoms with Crippen molar-refractivity contribution < 1.29 is 18.7 Å². The third-order valence-corrected chi connectivity index (χ3v) is 6.77. The monoisotopic (exact) mass is 532 g/mol. The smallest absolute Gasteiger partial charge is 0.290 e. The zero-order valence-electron chi connectivity index (χ0n) is 21.6. The number of carbonyl (C=O) groups excluding carboxylic acids is 1. The van der Waals surface area contributed by atoms with Gasteiger partial charge in [-0.25, -0.2) is 0 Å².